The predicted octanol–water partition coefficient (Wildman–Crippen LogP) is 9.88. The van der Waals surface area contributed by atoms with Crippen LogP contribution in [0.5, 0.6) is 0 Å². The highest BCUT2D eigenvalue weighted by atomic mass is 19.3. The second kappa shape index (κ2) is 13.0. The molecule has 2 aromatic rings. The smallest absolute Gasteiger partial charge is 0.315 e. The molecule has 0 atom stereocenters. The zero-order valence-corrected chi connectivity index (χ0v) is 22.3. The lowest BCUT2D eigenvalue weighted by Crippen LogP contribution is -2.24. The largest absolute Gasteiger partial charge is 0.360 e. The molecule has 1 nitrogen and oxygen atoms in total. The summed E-state index contributed by atoms with van der Waals surface area (Å²) < 4.78 is 48.9. The van der Waals surface area contributed by atoms with Crippen LogP contribution in [0, 0.1) is 17.7 Å². The normalized spacial score (nSPS) is 25.2. The molecule has 2 aliphatic carbocycles. The standard InChI is InChI=1S/C33H41F3O/c1-3-5-24-7-13-27(14-8-24)28-17-11-26(12-18-28)22-33(35,36)37-23-31-20-19-30(21-32(31)34)29-15-9-25(6-4-2)10-16-29/h3-6,11-12,17-21,24-25,27,29H,7-10,13-16,22-23H2,1-2H3/b5-3+,6-4+. The number of hydrogen-bond acceptors (Lipinski definition) is 1. The van der Waals surface area contributed by atoms with E-state index in [0.717, 1.165) is 44.1 Å². The highest BCUT2D eigenvalue weighted by molar-refractivity contribution is 5.28. The van der Waals surface area contributed by atoms with Crippen LogP contribution in [-0.2, 0) is 17.8 Å². The summed E-state index contributed by atoms with van der Waals surface area (Å²) >= 11 is 0. The molecule has 2 aromatic carbocycles. The third-order valence-corrected chi connectivity index (χ3v) is 8.32. The molecule has 4 heteroatoms. The van der Waals surface area contributed by atoms with E-state index >= 15 is 0 Å². The van der Waals surface area contributed by atoms with Gasteiger partial charge in [-0.05, 0) is 112 Å². The lowest BCUT2D eigenvalue weighted by molar-refractivity contribution is -0.244. The number of rotatable bonds is 9. The van der Waals surface area contributed by atoms with Crippen molar-refractivity contribution in [3.8, 4) is 0 Å². The van der Waals surface area contributed by atoms with Gasteiger partial charge in [-0.15, -0.1) is 0 Å². The van der Waals surface area contributed by atoms with Crippen LogP contribution >= 0.6 is 0 Å². The van der Waals surface area contributed by atoms with Crippen molar-refractivity contribution in [1.82, 2.24) is 0 Å². The van der Waals surface area contributed by atoms with E-state index in [1.165, 1.54) is 24.5 Å². The molecule has 0 aromatic heterocycles. The van der Waals surface area contributed by atoms with Crippen LogP contribution in [0.4, 0.5) is 13.2 Å². The third-order valence-electron chi connectivity index (χ3n) is 8.32. The number of ether oxygens (including phenoxy) is 1. The van der Waals surface area contributed by atoms with Crippen molar-refractivity contribution >= 4 is 0 Å². The van der Waals surface area contributed by atoms with Crippen LogP contribution in [0.25, 0.3) is 0 Å². The van der Waals surface area contributed by atoms with Crippen molar-refractivity contribution in [2.45, 2.75) is 96.2 Å². The molecule has 0 unspecified atom stereocenters. The Bertz CT molecular complexity index is 1040. The SMILES string of the molecule is C/C=C/C1CCC(c2ccc(CC(F)(F)OCc3ccc(C4CCC(/C=C/C)CC4)cc3F)cc2)CC1. The Morgan fingerprint density at radius 3 is 1.78 bits per heavy atom. The van der Waals surface area contributed by atoms with Gasteiger partial charge in [-0.25, -0.2) is 4.39 Å². The lowest BCUT2D eigenvalue weighted by Gasteiger charge is -2.27. The first-order chi connectivity index (χ1) is 17.9. The monoisotopic (exact) mass is 510 g/mol. The van der Waals surface area contributed by atoms with Crippen LogP contribution in [0.2, 0.25) is 0 Å². The molecule has 0 heterocycles. The number of benzene rings is 2. The van der Waals surface area contributed by atoms with Crippen molar-refractivity contribution in [2.75, 3.05) is 0 Å². The van der Waals surface area contributed by atoms with Crippen molar-refractivity contribution in [2.24, 2.45) is 11.8 Å². The lowest BCUT2D eigenvalue weighted by atomic mass is 9.78. The fraction of sp³-hybridized carbons (Fsp3) is 0.515. The number of allylic oxidation sites excluding steroid dienone is 4. The number of halogens is 3. The molecule has 0 amide bonds. The number of hydrogen-bond donors (Lipinski definition) is 0. The topological polar surface area (TPSA) is 9.23 Å². The second-order valence-electron chi connectivity index (χ2n) is 11.0. The van der Waals surface area contributed by atoms with Gasteiger partial charge in [-0.1, -0.05) is 60.7 Å². The van der Waals surface area contributed by atoms with E-state index in [-0.39, 0.29) is 5.56 Å². The predicted molar refractivity (Wildman–Crippen MR) is 145 cm³/mol. The van der Waals surface area contributed by atoms with E-state index in [4.69, 9.17) is 4.74 Å². The quantitative estimate of drug-likeness (QED) is 0.305. The van der Waals surface area contributed by atoms with Gasteiger partial charge in [0.2, 0.25) is 0 Å². The summed E-state index contributed by atoms with van der Waals surface area (Å²) in [4.78, 5) is 0. The summed E-state index contributed by atoms with van der Waals surface area (Å²) in [7, 11) is 0. The van der Waals surface area contributed by atoms with Gasteiger partial charge in [0, 0.05) is 5.56 Å². The first-order valence-corrected chi connectivity index (χ1v) is 14.0. The Labute approximate surface area is 220 Å². The molecule has 2 fully saturated rings. The molecule has 37 heavy (non-hydrogen) atoms. The molecule has 0 bridgehead atoms. The van der Waals surface area contributed by atoms with Crippen molar-refractivity contribution in [3.63, 3.8) is 0 Å². The maximum Gasteiger partial charge on any atom is 0.360 e. The molecular formula is C33H41F3O. The van der Waals surface area contributed by atoms with Crippen LogP contribution in [0.3, 0.4) is 0 Å². The Balaban J connectivity index is 1.27. The van der Waals surface area contributed by atoms with Crippen molar-refractivity contribution in [1.29, 1.82) is 0 Å². The number of alkyl halides is 2. The average molecular weight is 511 g/mol. The molecule has 0 spiro atoms. The van der Waals surface area contributed by atoms with Crippen molar-refractivity contribution < 1.29 is 17.9 Å². The summed E-state index contributed by atoms with van der Waals surface area (Å²) in [6, 6.07) is 12.5. The van der Waals surface area contributed by atoms with E-state index < -0.39 is 25.0 Å². The maximum absolute atomic E-state index is 14.8. The molecule has 2 saturated carbocycles. The summed E-state index contributed by atoms with van der Waals surface area (Å²) in [6.45, 7) is 3.66. The van der Waals surface area contributed by atoms with Gasteiger partial charge < -0.3 is 4.74 Å². The minimum Gasteiger partial charge on any atom is -0.315 e. The molecule has 4 rings (SSSR count). The maximum atomic E-state index is 14.8. The van der Waals surface area contributed by atoms with Gasteiger partial charge in [-0.3, -0.25) is 0 Å². The Kier molecular flexibility index (Phi) is 9.70. The van der Waals surface area contributed by atoms with Gasteiger partial charge in [0.1, 0.15) is 5.82 Å². The second-order valence-corrected chi connectivity index (χ2v) is 11.0. The highest BCUT2D eigenvalue weighted by Gasteiger charge is 2.31. The van der Waals surface area contributed by atoms with Gasteiger partial charge >= 0.3 is 6.11 Å². The minimum atomic E-state index is -3.36. The average Bonchev–Trinajstić information content (AvgIpc) is 2.90. The molecule has 0 N–H and O–H groups in total. The Morgan fingerprint density at radius 1 is 0.757 bits per heavy atom. The Hall–Kier alpha value is -2.33. The molecule has 0 saturated heterocycles. The van der Waals surface area contributed by atoms with E-state index in [2.05, 4.69) is 31.2 Å². The summed E-state index contributed by atoms with van der Waals surface area (Å²) in [5, 5.41) is 0. The molecule has 0 radical (unpaired) electrons. The fourth-order valence-corrected chi connectivity index (χ4v) is 6.15. The fourth-order valence-electron chi connectivity index (χ4n) is 6.15. The first kappa shape index (κ1) is 27.7. The molecule has 2 aliphatic rings. The van der Waals surface area contributed by atoms with Crippen LogP contribution < -0.4 is 0 Å². The Morgan fingerprint density at radius 2 is 1.27 bits per heavy atom. The van der Waals surface area contributed by atoms with Gasteiger partial charge in [0.25, 0.3) is 0 Å². The van der Waals surface area contributed by atoms with Crippen LogP contribution in [0.15, 0.2) is 66.8 Å². The van der Waals surface area contributed by atoms with E-state index in [0.29, 0.717) is 29.2 Å². The van der Waals surface area contributed by atoms with Crippen LogP contribution in [-0.4, -0.2) is 6.11 Å². The van der Waals surface area contributed by atoms with Crippen LogP contribution in [0.1, 0.15) is 99.3 Å². The molecule has 0 aliphatic heterocycles. The molecule has 200 valence electrons. The summed E-state index contributed by atoms with van der Waals surface area (Å²) in [6.07, 6.45) is 13.8. The zero-order chi connectivity index (χ0) is 26.3. The van der Waals surface area contributed by atoms with Crippen molar-refractivity contribution in [3.05, 3.63) is 94.8 Å². The summed E-state index contributed by atoms with van der Waals surface area (Å²) in [5.41, 5.74) is 2.89. The third kappa shape index (κ3) is 7.83. The molecular weight excluding hydrogens is 469 g/mol. The minimum absolute atomic E-state index is 0.176. The zero-order valence-electron chi connectivity index (χ0n) is 22.3. The summed E-state index contributed by atoms with van der Waals surface area (Å²) in [5.74, 6) is 1.65. The first-order valence-electron chi connectivity index (χ1n) is 14.0. The van der Waals surface area contributed by atoms with Gasteiger partial charge in [-0.2, -0.15) is 8.78 Å². The van der Waals surface area contributed by atoms with Gasteiger partial charge in [0.15, 0.2) is 0 Å². The van der Waals surface area contributed by atoms with E-state index in [9.17, 15) is 13.2 Å². The van der Waals surface area contributed by atoms with E-state index in [1.807, 2.05) is 25.1 Å². The van der Waals surface area contributed by atoms with E-state index in [1.54, 1.807) is 18.2 Å². The van der Waals surface area contributed by atoms with Gasteiger partial charge in [0.05, 0.1) is 13.0 Å². The highest BCUT2D eigenvalue weighted by Crippen LogP contribution is 2.38.